The maximum absolute atomic E-state index is 11.1. The van der Waals surface area contributed by atoms with Crippen molar-refractivity contribution in [1.82, 2.24) is 5.32 Å². The summed E-state index contributed by atoms with van der Waals surface area (Å²) in [5, 5.41) is 13.6. The van der Waals surface area contributed by atoms with Crippen molar-refractivity contribution in [1.29, 1.82) is 0 Å². The van der Waals surface area contributed by atoms with Gasteiger partial charge in [-0.05, 0) is 25.5 Å². The summed E-state index contributed by atoms with van der Waals surface area (Å²) in [5.41, 5.74) is 1.12. The summed E-state index contributed by atoms with van der Waals surface area (Å²) in [6.07, 6.45) is 1.12. The molecule has 0 aromatic heterocycles. The number of nitro benzene ring substituents is 1. The molecule has 6 nitrogen and oxygen atoms in total. The van der Waals surface area contributed by atoms with Gasteiger partial charge in [0, 0.05) is 18.7 Å². The Bertz CT molecular complexity index is 417. The van der Waals surface area contributed by atoms with Crippen LogP contribution in [0.25, 0.3) is 0 Å². The van der Waals surface area contributed by atoms with E-state index in [1.54, 1.807) is 19.1 Å². The second kappa shape index (κ2) is 8.20. The monoisotopic (exact) mass is 266 g/mol. The highest BCUT2D eigenvalue weighted by Crippen LogP contribution is 2.11. The van der Waals surface area contributed by atoms with E-state index < -0.39 is 4.92 Å². The molecule has 0 atom stereocenters. The lowest BCUT2D eigenvalue weighted by atomic mass is 10.1. The van der Waals surface area contributed by atoms with Gasteiger partial charge in [0.2, 0.25) is 0 Å². The van der Waals surface area contributed by atoms with E-state index in [-0.39, 0.29) is 11.7 Å². The number of nitro groups is 1. The third-order valence-corrected chi connectivity index (χ3v) is 2.55. The average molecular weight is 266 g/mol. The zero-order valence-electron chi connectivity index (χ0n) is 10.9. The molecule has 0 amide bonds. The third-order valence-electron chi connectivity index (χ3n) is 2.55. The Hall–Kier alpha value is -1.95. The fourth-order valence-electron chi connectivity index (χ4n) is 1.57. The quantitative estimate of drug-likeness (QED) is 0.335. The van der Waals surface area contributed by atoms with E-state index in [2.05, 4.69) is 5.32 Å². The summed E-state index contributed by atoms with van der Waals surface area (Å²) >= 11 is 0. The van der Waals surface area contributed by atoms with Gasteiger partial charge in [0.1, 0.15) is 0 Å². The van der Waals surface area contributed by atoms with Crippen LogP contribution in [0.15, 0.2) is 24.3 Å². The van der Waals surface area contributed by atoms with Gasteiger partial charge in [-0.1, -0.05) is 12.1 Å². The van der Waals surface area contributed by atoms with Crippen LogP contribution in [0, 0.1) is 10.1 Å². The van der Waals surface area contributed by atoms with Crippen LogP contribution in [0.4, 0.5) is 5.69 Å². The summed E-state index contributed by atoms with van der Waals surface area (Å²) in [5.74, 6) is -0.203. The van der Waals surface area contributed by atoms with Gasteiger partial charge in [0.25, 0.3) is 5.69 Å². The van der Waals surface area contributed by atoms with Crippen molar-refractivity contribution < 1.29 is 14.5 Å². The first-order valence-electron chi connectivity index (χ1n) is 6.23. The fraction of sp³-hybridized carbons (Fsp3) is 0.462. The minimum absolute atomic E-state index is 0.0963. The van der Waals surface area contributed by atoms with Gasteiger partial charge in [-0.25, -0.2) is 0 Å². The molecule has 1 N–H and O–H groups in total. The minimum atomic E-state index is -0.415. The smallest absolute Gasteiger partial charge is 0.307 e. The summed E-state index contributed by atoms with van der Waals surface area (Å²) in [4.78, 5) is 21.1. The zero-order chi connectivity index (χ0) is 14.1. The zero-order valence-corrected chi connectivity index (χ0v) is 10.9. The van der Waals surface area contributed by atoms with Crippen LogP contribution in [0.3, 0.4) is 0 Å². The predicted octanol–water partition coefficient (Wildman–Crippen LogP) is 1.68. The largest absolute Gasteiger partial charge is 0.466 e. The van der Waals surface area contributed by atoms with E-state index >= 15 is 0 Å². The first-order valence-corrected chi connectivity index (χ1v) is 6.23. The second-order valence-corrected chi connectivity index (χ2v) is 3.98. The highest BCUT2D eigenvalue weighted by Gasteiger charge is 2.04. The molecule has 0 fully saturated rings. The SMILES string of the molecule is CCOC(=O)CCNCCc1ccc([N+](=O)[O-])cc1. The topological polar surface area (TPSA) is 81.5 Å². The number of esters is 1. The lowest BCUT2D eigenvalue weighted by Gasteiger charge is -2.05. The molecule has 0 unspecified atom stereocenters. The van der Waals surface area contributed by atoms with Crippen LogP contribution in [0.1, 0.15) is 18.9 Å². The molecule has 0 bridgehead atoms. The molecule has 0 heterocycles. The lowest BCUT2D eigenvalue weighted by Crippen LogP contribution is -2.21. The molecule has 1 aromatic carbocycles. The van der Waals surface area contributed by atoms with Gasteiger partial charge >= 0.3 is 5.97 Å². The van der Waals surface area contributed by atoms with Crippen LogP contribution < -0.4 is 5.32 Å². The van der Waals surface area contributed by atoms with Gasteiger partial charge < -0.3 is 10.1 Å². The average Bonchev–Trinajstić information content (AvgIpc) is 2.39. The van der Waals surface area contributed by atoms with Crippen LogP contribution in [-0.4, -0.2) is 30.6 Å². The molecule has 0 aliphatic carbocycles. The highest BCUT2D eigenvalue weighted by molar-refractivity contribution is 5.69. The molecule has 19 heavy (non-hydrogen) atoms. The molecular weight excluding hydrogens is 248 g/mol. The summed E-state index contributed by atoms with van der Waals surface area (Å²) in [6, 6.07) is 6.47. The molecule has 1 rings (SSSR count). The number of hydrogen-bond donors (Lipinski definition) is 1. The lowest BCUT2D eigenvalue weighted by molar-refractivity contribution is -0.384. The highest BCUT2D eigenvalue weighted by atomic mass is 16.6. The number of non-ortho nitro benzene ring substituents is 1. The van der Waals surface area contributed by atoms with Crippen molar-refractivity contribution in [3.05, 3.63) is 39.9 Å². The van der Waals surface area contributed by atoms with E-state index in [0.29, 0.717) is 19.6 Å². The van der Waals surface area contributed by atoms with Crippen molar-refractivity contribution in [2.75, 3.05) is 19.7 Å². The fourth-order valence-corrected chi connectivity index (χ4v) is 1.57. The normalized spacial score (nSPS) is 10.2. The molecule has 104 valence electrons. The predicted molar refractivity (Wildman–Crippen MR) is 70.9 cm³/mol. The number of nitrogens with zero attached hydrogens (tertiary/aromatic N) is 1. The van der Waals surface area contributed by atoms with Crippen LogP contribution >= 0.6 is 0 Å². The van der Waals surface area contributed by atoms with Crippen molar-refractivity contribution in [2.45, 2.75) is 19.8 Å². The molecule has 1 aromatic rings. The molecule has 6 heteroatoms. The number of carbonyl (C=O) groups excluding carboxylic acids is 1. The van der Waals surface area contributed by atoms with E-state index in [0.717, 1.165) is 18.5 Å². The van der Waals surface area contributed by atoms with Crippen molar-refractivity contribution in [2.24, 2.45) is 0 Å². The number of hydrogen-bond acceptors (Lipinski definition) is 5. The maximum Gasteiger partial charge on any atom is 0.307 e. The van der Waals surface area contributed by atoms with Gasteiger partial charge in [-0.15, -0.1) is 0 Å². The standard InChI is InChI=1S/C13H18N2O4/c1-2-19-13(16)8-10-14-9-7-11-3-5-12(6-4-11)15(17)18/h3-6,14H,2,7-10H2,1H3. The third kappa shape index (κ3) is 5.96. The second-order valence-electron chi connectivity index (χ2n) is 3.98. The summed E-state index contributed by atoms with van der Waals surface area (Å²) < 4.78 is 4.80. The van der Waals surface area contributed by atoms with Crippen molar-refractivity contribution >= 4 is 11.7 Å². The van der Waals surface area contributed by atoms with Gasteiger partial charge in [-0.3, -0.25) is 14.9 Å². The first kappa shape index (κ1) is 15.1. The van der Waals surface area contributed by atoms with E-state index in [9.17, 15) is 14.9 Å². The molecule has 0 aliphatic rings. The number of benzene rings is 1. The number of ether oxygens (including phenoxy) is 1. The molecule has 0 saturated heterocycles. The van der Waals surface area contributed by atoms with Crippen LogP contribution in [0.2, 0.25) is 0 Å². The molecule has 0 radical (unpaired) electrons. The molecular formula is C13H18N2O4. The molecule has 0 aliphatic heterocycles. The van der Waals surface area contributed by atoms with Crippen LogP contribution in [0.5, 0.6) is 0 Å². The summed E-state index contributed by atoms with van der Waals surface area (Å²) in [7, 11) is 0. The van der Waals surface area contributed by atoms with E-state index in [1.165, 1.54) is 12.1 Å². The minimum Gasteiger partial charge on any atom is -0.466 e. The van der Waals surface area contributed by atoms with Crippen molar-refractivity contribution in [3.8, 4) is 0 Å². The summed E-state index contributed by atoms with van der Waals surface area (Å²) in [6.45, 7) is 3.48. The van der Waals surface area contributed by atoms with Gasteiger partial charge in [0.05, 0.1) is 18.0 Å². The molecule has 0 saturated carbocycles. The van der Waals surface area contributed by atoms with Crippen molar-refractivity contribution in [3.63, 3.8) is 0 Å². The van der Waals surface area contributed by atoms with Gasteiger partial charge in [0.15, 0.2) is 0 Å². The first-order chi connectivity index (χ1) is 9.13. The van der Waals surface area contributed by atoms with E-state index in [4.69, 9.17) is 4.74 Å². The van der Waals surface area contributed by atoms with E-state index in [1.807, 2.05) is 0 Å². The maximum atomic E-state index is 11.1. The number of carbonyl (C=O) groups is 1. The Morgan fingerprint density at radius 1 is 1.32 bits per heavy atom. The van der Waals surface area contributed by atoms with Gasteiger partial charge in [-0.2, -0.15) is 0 Å². The Labute approximate surface area is 111 Å². The Morgan fingerprint density at radius 2 is 2.00 bits per heavy atom. The number of nitrogens with one attached hydrogen (secondary N) is 1. The number of rotatable bonds is 8. The Morgan fingerprint density at radius 3 is 2.58 bits per heavy atom. The Balaban J connectivity index is 2.19. The Kier molecular flexibility index (Phi) is 6.52. The molecule has 0 spiro atoms. The van der Waals surface area contributed by atoms with Crippen LogP contribution in [-0.2, 0) is 16.0 Å².